The molecule has 3 aromatic rings. The Morgan fingerprint density at radius 3 is 2.61 bits per heavy atom. The van der Waals surface area contributed by atoms with Gasteiger partial charge in [0.25, 0.3) is 10.2 Å². The van der Waals surface area contributed by atoms with Crippen molar-refractivity contribution in [3.63, 3.8) is 0 Å². The van der Waals surface area contributed by atoms with Gasteiger partial charge in [-0.15, -0.1) is 0 Å². The van der Waals surface area contributed by atoms with Crippen LogP contribution in [0.25, 0.3) is 10.9 Å². The fraction of sp³-hybridized carbons (Fsp3) is 0.273. The minimum Gasteiger partial charge on any atom is -0.489 e. The van der Waals surface area contributed by atoms with Gasteiger partial charge in [-0.25, -0.2) is 9.86 Å². The van der Waals surface area contributed by atoms with Gasteiger partial charge >= 0.3 is 0 Å². The molecule has 164 valence electrons. The molecule has 0 aliphatic carbocycles. The highest BCUT2D eigenvalue weighted by Gasteiger charge is 2.10. The highest BCUT2D eigenvalue weighted by molar-refractivity contribution is 7.87. The molecule has 1 aromatic heterocycles. The second-order valence-corrected chi connectivity index (χ2v) is 8.50. The molecule has 0 radical (unpaired) electrons. The van der Waals surface area contributed by atoms with E-state index in [0.29, 0.717) is 49.2 Å². The first-order valence-corrected chi connectivity index (χ1v) is 11.6. The van der Waals surface area contributed by atoms with E-state index in [1.54, 1.807) is 12.3 Å². The summed E-state index contributed by atoms with van der Waals surface area (Å²) in [4.78, 5) is 16.8. The van der Waals surface area contributed by atoms with Gasteiger partial charge in [0.05, 0.1) is 11.2 Å². The van der Waals surface area contributed by atoms with E-state index in [1.807, 2.05) is 48.5 Å². The summed E-state index contributed by atoms with van der Waals surface area (Å²) in [6.45, 7) is 0.683. The molecular formula is C22H26N4O4S. The summed E-state index contributed by atoms with van der Waals surface area (Å²) < 4.78 is 29.8. The first-order chi connectivity index (χ1) is 14.9. The van der Waals surface area contributed by atoms with E-state index in [2.05, 4.69) is 15.0 Å². The third-order valence-corrected chi connectivity index (χ3v) is 5.19. The van der Waals surface area contributed by atoms with E-state index in [0.717, 1.165) is 10.9 Å². The van der Waals surface area contributed by atoms with Crippen molar-refractivity contribution in [1.29, 1.82) is 0 Å². The molecule has 3 rings (SSSR count). The summed E-state index contributed by atoms with van der Waals surface area (Å²) in [5.74, 6) is 0.514. The number of unbranched alkanes of at least 4 members (excludes halogenated alkanes) is 2. The number of ether oxygens (including phenoxy) is 1. The number of benzene rings is 2. The maximum Gasteiger partial charge on any atom is 0.274 e. The average molecular weight is 443 g/mol. The number of amides is 1. The minimum atomic E-state index is -3.66. The van der Waals surface area contributed by atoms with E-state index in [1.165, 1.54) is 0 Å². The van der Waals surface area contributed by atoms with Gasteiger partial charge in [-0.05, 0) is 30.5 Å². The third kappa shape index (κ3) is 7.63. The number of anilines is 1. The Hall–Kier alpha value is -3.01. The van der Waals surface area contributed by atoms with Gasteiger partial charge in [-0.3, -0.25) is 9.78 Å². The Kier molecular flexibility index (Phi) is 7.94. The van der Waals surface area contributed by atoms with Crippen LogP contribution in [0.1, 0.15) is 31.2 Å². The van der Waals surface area contributed by atoms with E-state index in [-0.39, 0.29) is 12.5 Å². The smallest absolute Gasteiger partial charge is 0.274 e. The van der Waals surface area contributed by atoms with Gasteiger partial charge in [0, 0.05) is 30.6 Å². The molecule has 2 aromatic carbocycles. The topological polar surface area (TPSA) is 123 Å². The number of hydrogen-bond donors (Lipinski definition) is 3. The number of nitrogens with one attached hydrogen (secondary N) is 2. The van der Waals surface area contributed by atoms with Gasteiger partial charge in [0.1, 0.15) is 12.4 Å². The van der Waals surface area contributed by atoms with Crippen LogP contribution in [0.4, 0.5) is 5.69 Å². The molecule has 9 heteroatoms. The van der Waals surface area contributed by atoms with Crippen LogP contribution in [0.15, 0.2) is 60.8 Å². The second kappa shape index (κ2) is 10.9. The molecule has 8 nitrogen and oxygen atoms in total. The maximum atomic E-state index is 12.4. The predicted octanol–water partition coefficient (Wildman–Crippen LogP) is 3.11. The summed E-state index contributed by atoms with van der Waals surface area (Å²) >= 11 is 0. The Labute approximate surface area is 182 Å². The Bertz CT molecular complexity index is 1120. The molecule has 0 saturated carbocycles. The Morgan fingerprint density at radius 1 is 1.03 bits per heavy atom. The van der Waals surface area contributed by atoms with Crippen LogP contribution in [-0.4, -0.2) is 25.9 Å². The summed E-state index contributed by atoms with van der Waals surface area (Å²) in [6, 6.07) is 17.3. The summed E-state index contributed by atoms with van der Waals surface area (Å²) in [7, 11) is -3.66. The molecule has 1 heterocycles. The molecule has 0 aliphatic heterocycles. The largest absolute Gasteiger partial charge is 0.489 e. The van der Waals surface area contributed by atoms with Crippen molar-refractivity contribution in [2.75, 3.05) is 11.9 Å². The summed E-state index contributed by atoms with van der Waals surface area (Å²) in [5.41, 5.74) is 2.35. The van der Waals surface area contributed by atoms with Gasteiger partial charge in [0.15, 0.2) is 0 Å². The molecule has 0 aliphatic rings. The van der Waals surface area contributed by atoms with Crippen LogP contribution in [0.3, 0.4) is 0 Å². The van der Waals surface area contributed by atoms with Gasteiger partial charge < -0.3 is 10.1 Å². The molecule has 0 unspecified atom stereocenters. The SMILES string of the molecule is NS(=O)(=O)NCCCCCC(=O)Nc1cc(OCc2ccccc2)cc2cccnc12. The van der Waals surface area contributed by atoms with Crippen LogP contribution >= 0.6 is 0 Å². The van der Waals surface area contributed by atoms with Gasteiger partial charge in [-0.1, -0.05) is 42.8 Å². The number of nitrogens with zero attached hydrogens (tertiary/aromatic N) is 1. The van der Waals surface area contributed by atoms with Crippen molar-refractivity contribution in [2.24, 2.45) is 5.14 Å². The fourth-order valence-electron chi connectivity index (χ4n) is 3.10. The van der Waals surface area contributed by atoms with Crippen LogP contribution in [-0.2, 0) is 21.6 Å². The zero-order chi connectivity index (χ0) is 22.1. The van der Waals surface area contributed by atoms with Crippen LogP contribution < -0.4 is 19.9 Å². The van der Waals surface area contributed by atoms with E-state index in [9.17, 15) is 13.2 Å². The number of nitrogens with two attached hydrogens (primary N) is 1. The number of carbonyl (C=O) groups is 1. The standard InChI is InChI=1S/C22H26N4O4S/c23-31(28,29)25-13-6-2-5-11-21(27)26-20-15-19(14-18-10-7-12-24-22(18)20)30-16-17-8-3-1-4-9-17/h1,3-4,7-10,12,14-15,25H,2,5-6,11,13,16H2,(H,26,27)(H2,23,28,29). The first kappa shape index (κ1) is 22.7. The van der Waals surface area contributed by atoms with Gasteiger partial charge in [-0.2, -0.15) is 8.42 Å². The van der Waals surface area contributed by atoms with Gasteiger partial charge in [0.2, 0.25) is 5.91 Å². The lowest BCUT2D eigenvalue weighted by Gasteiger charge is -2.12. The lowest BCUT2D eigenvalue weighted by molar-refractivity contribution is -0.116. The molecule has 0 atom stereocenters. The molecule has 1 amide bonds. The number of aromatic nitrogens is 1. The van der Waals surface area contributed by atoms with E-state index < -0.39 is 10.2 Å². The van der Waals surface area contributed by atoms with Crippen molar-refractivity contribution in [2.45, 2.75) is 32.3 Å². The molecule has 0 fully saturated rings. The molecular weight excluding hydrogens is 416 g/mol. The molecule has 4 N–H and O–H groups in total. The Morgan fingerprint density at radius 2 is 1.84 bits per heavy atom. The zero-order valence-electron chi connectivity index (χ0n) is 17.1. The minimum absolute atomic E-state index is 0.133. The van der Waals surface area contributed by atoms with E-state index >= 15 is 0 Å². The first-order valence-electron chi connectivity index (χ1n) is 10.0. The Balaban J connectivity index is 1.59. The number of rotatable bonds is 11. The fourth-order valence-corrected chi connectivity index (χ4v) is 3.53. The average Bonchev–Trinajstić information content (AvgIpc) is 2.75. The second-order valence-electron chi connectivity index (χ2n) is 7.12. The number of pyridine rings is 1. The normalized spacial score (nSPS) is 11.4. The van der Waals surface area contributed by atoms with Crippen LogP contribution in [0, 0.1) is 0 Å². The monoisotopic (exact) mass is 442 g/mol. The number of fused-ring (bicyclic) bond motifs is 1. The predicted molar refractivity (Wildman–Crippen MR) is 121 cm³/mol. The highest BCUT2D eigenvalue weighted by atomic mass is 32.2. The molecule has 31 heavy (non-hydrogen) atoms. The molecule has 0 saturated heterocycles. The highest BCUT2D eigenvalue weighted by Crippen LogP contribution is 2.28. The molecule has 0 spiro atoms. The lowest BCUT2D eigenvalue weighted by Crippen LogP contribution is -2.31. The number of carbonyl (C=O) groups excluding carboxylic acids is 1. The number of hydrogen-bond acceptors (Lipinski definition) is 5. The maximum absolute atomic E-state index is 12.4. The lowest BCUT2D eigenvalue weighted by atomic mass is 10.1. The van der Waals surface area contributed by atoms with Crippen molar-refractivity contribution >= 4 is 32.7 Å². The van der Waals surface area contributed by atoms with Crippen LogP contribution in [0.2, 0.25) is 0 Å². The van der Waals surface area contributed by atoms with Crippen molar-refractivity contribution in [3.8, 4) is 5.75 Å². The zero-order valence-corrected chi connectivity index (χ0v) is 17.9. The van der Waals surface area contributed by atoms with Crippen LogP contribution in [0.5, 0.6) is 5.75 Å². The van der Waals surface area contributed by atoms with Crippen molar-refractivity contribution in [3.05, 3.63) is 66.4 Å². The quantitative estimate of drug-likeness (QED) is 0.394. The van der Waals surface area contributed by atoms with Crippen molar-refractivity contribution < 1.29 is 17.9 Å². The third-order valence-electron chi connectivity index (χ3n) is 4.58. The van der Waals surface area contributed by atoms with Crippen molar-refractivity contribution in [1.82, 2.24) is 9.71 Å². The van der Waals surface area contributed by atoms with E-state index in [4.69, 9.17) is 9.88 Å². The molecule has 0 bridgehead atoms. The summed E-state index contributed by atoms with van der Waals surface area (Å²) in [5, 5.41) is 8.68. The summed E-state index contributed by atoms with van der Waals surface area (Å²) in [6.07, 6.45) is 3.94.